The zero-order valence-electron chi connectivity index (χ0n) is 19.5. The van der Waals surface area contributed by atoms with Gasteiger partial charge in [0.05, 0.1) is 11.9 Å². The Morgan fingerprint density at radius 2 is 1.82 bits per heavy atom. The van der Waals surface area contributed by atoms with Crippen LogP contribution in [0.15, 0.2) is 24.5 Å². The van der Waals surface area contributed by atoms with Crippen molar-refractivity contribution in [2.75, 3.05) is 55.3 Å². The van der Waals surface area contributed by atoms with Crippen molar-refractivity contribution in [1.29, 1.82) is 0 Å². The van der Waals surface area contributed by atoms with Crippen LogP contribution in [0.25, 0.3) is 0 Å². The topological polar surface area (TPSA) is 107 Å². The summed E-state index contributed by atoms with van der Waals surface area (Å²) in [6.45, 7) is 4.66. The third kappa shape index (κ3) is 3.39. The highest BCUT2D eigenvalue weighted by Gasteiger charge is 2.60. The molecule has 0 aromatic carbocycles. The van der Waals surface area contributed by atoms with E-state index in [1.165, 1.54) is 0 Å². The van der Waals surface area contributed by atoms with Crippen LogP contribution >= 0.6 is 0 Å². The second-order valence-corrected chi connectivity index (χ2v) is 9.82. The SMILES string of the molecule is CN1CCN(c2ccc(Nc3ncc4c(n3)NC(=O)C43CCN(C4CCCC4)C3=O)nc2)CC1. The molecule has 2 N–H and O–H groups in total. The van der Waals surface area contributed by atoms with Crippen LogP contribution in [0.1, 0.15) is 37.7 Å². The summed E-state index contributed by atoms with van der Waals surface area (Å²) >= 11 is 0. The minimum absolute atomic E-state index is 0.0962. The number of aromatic nitrogens is 3. The van der Waals surface area contributed by atoms with Crippen molar-refractivity contribution in [2.45, 2.75) is 43.6 Å². The average Bonchev–Trinajstić information content (AvgIpc) is 3.55. The number of nitrogens with one attached hydrogen (secondary N) is 2. The minimum Gasteiger partial charge on any atom is -0.368 e. The number of anilines is 4. The fourth-order valence-corrected chi connectivity index (χ4v) is 5.78. The van der Waals surface area contributed by atoms with Crippen LogP contribution in [0.3, 0.4) is 0 Å². The maximum absolute atomic E-state index is 13.4. The molecule has 3 fully saturated rings. The normalized spacial score (nSPS) is 25.3. The van der Waals surface area contributed by atoms with Gasteiger partial charge in [0.15, 0.2) is 5.41 Å². The number of piperazine rings is 1. The first-order valence-corrected chi connectivity index (χ1v) is 12.2. The van der Waals surface area contributed by atoms with Crippen LogP contribution < -0.4 is 15.5 Å². The molecule has 1 atom stereocenters. The number of rotatable bonds is 4. The molecule has 10 nitrogen and oxygen atoms in total. The Labute approximate surface area is 198 Å². The predicted octanol–water partition coefficient (Wildman–Crippen LogP) is 1.73. The minimum atomic E-state index is -1.18. The van der Waals surface area contributed by atoms with E-state index in [1.807, 2.05) is 23.2 Å². The van der Waals surface area contributed by atoms with Crippen molar-refractivity contribution in [3.63, 3.8) is 0 Å². The van der Waals surface area contributed by atoms with Gasteiger partial charge in [0.25, 0.3) is 0 Å². The summed E-state index contributed by atoms with van der Waals surface area (Å²) in [5, 5.41) is 5.97. The summed E-state index contributed by atoms with van der Waals surface area (Å²) in [5.41, 5.74) is 0.500. The van der Waals surface area contributed by atoms with E-state index in [9.17, 15) is 9.59 Å². The van der Waals surface area contributed by atoms with Gasteiger partial charge in [-0.25, -0.2) is 9.97 Å². The molecule has 178 valence electrons. The highest BCUT2D eigenvalue weighted by Crippen LogP contribution is 2.46. The van der Waals surface area contributed by atoms with Gasteiger partial charge in [0.1, 0.15) is 11.6 Å². The molecule has 2 aromatic rings. The Morgan fingerprint density at radius 1 is 1.03 bits per heavy atom. The van der Waals surface area contributed by atoms with Crippen molar-refractivity contribution in [2.24, 2.45) is 0 Å². The fourth-order valence-electron chi connectivity index (χ4n) is 5.78. The summed E-state index contributed by atoms with van der Waals surface area (Å²) in [7, 11) is 2.14. The molecule has 0 bridgehead atoms. The summed E-state index contributed by atoms with van der Waals surface area (Å²) in [6.07, 6.45) is 8.29. The number of amides is 2. The standard InChI is InChI=1S/C24H30N8O2/c1-30-10-12-31(13-11-30)17-6-7-19(25-14-17)27-23-26-15-18-20(29-23)28-21(33)24(18)8-9-32(22(24)34)16-4-2-3-5-16/h6-7,14-16H,2-5,8-13H2,1H3,(H2,25,26,27,28,29,33). The first-order chi connectivity index (χ1) is 16.5. The molecule has 4 aliphatic rings. The van der Waals surface area contributed by atoms with E-state index >= 15 is 0 Å². The molecule has 5 heterocycles. The summed E-state index contributed by atoms with van der Waals surface area (Å²) in [6, 6.07) is 4.20. The van der Waals surface area contributed by atoms with Crippen LogP contribution in [0.5, 0.6) is 0 Å². The van der Waals surface area contributed by atoms with Gasteiger partial charge in [-0.1, -0.05) is 12.8 Å². The molecule has 34 heavy (non-hydrogen) atoms. The number of likely N-dealkylation sites (tertiary alicyclic amines) is 1. The summed E-state index contributed by atoms with van der Waals surface area (Å²) in [4.78, 5) is 46.5. The Morgan fingerprint density at radius 3 is 2.56 bits per heavy atom. The largest absolute Gasteiger partial charge is 0.368 e. The van der Waals surface area contributed by atoms with Crippen LogP contribution in [-0.4, -0.2) is 82.4 Å². The average molecular weight is 463 g/mol. The molecule has 3 aliphatic heterocycles. The molecule has 10 heteroatoms. The van der Waals surface area contributed by atoms with Gasteiger partial charge >= 0.3 is 0 Å². The molecule has 0 radical (unpaired) electrons. The van der Waals surface area contributed by atoms with Gasteiger partial charge in [-0.2, -0.15) is 4.98 Å². The van der Waals surface area contributed by atoms with E-state index in [0.29, 0.717) is 36.1 Å². The Bertz CT molecular complexity index is 1110. The van der Waals surface area contributed by atoms with E-state index in [1.54, 1.807) is 6.20 Å². The Hall–Kier alpha value is -3.27. The Balaban J connectivity index is 1.18. The van der Waals surface area contributed by atoms with E-state index in [-0.39, 0.29) is 17.9 Å². The van der Waals surface area contributed by atoms with Crippen LogP contribution in [0, 0.1) is 0 Å². The number of nitrogens with zero attached hydrogens (tertiary/aromatic N) is 6. The number of likely N-dealkylation sites (N-methyl/N-ethyl adjacent to an activating group) is 1. The van der Waals surface area contributed by atoms with Crippen LogP contribution in [-0.2, 0) is 15.0 Å². The van der Waals surface area contributed by atoms with Crippen molar-refractivity contribution in [3.8, 4) is 0 Å². The second kappa shape index (κ2) is 8.19. The molecule has 6 rings (SSSR count). The monoisotopic (exact) mass is 462 g/mol. The lowest BCUT2D eigenvalue weighted by atomic mass is 9.81. The van der Waals surface area contributed by atoms with Gasteiger partial charge in [0, 0.05) is 50.5 Å². The van der Waals surface area contributed by atoms with Crippen LogP contribution in [0.2, 0.25) is 0 Å². The lowest BCUT2D eigenvalue weighted by Gasteiger charge is -2.33. The molecule has 2 aromatic heterocycles. The lowest BCUT2D eigenvalue weighted by molar-refractivity contribution is -0.138. The summed E-state index contributed by atoms with van der Waals surface area (Å²) < 4.78 is 0. The molecule has 1 aliphatic carbocycles. The van der Waals surface area contributed by atoms with Gasteiger partial charge in [-0.05, 0) is 38.4 Å². The van der Waals surface area contributed by atoms with Crippen molar-refractivity contribution in [3.05, 3.63) is 30.1 Å². The van der Waals surface area contributed by atoms with Gasteiger partial charge in [-0.15, -0.1) is 0 Å². The van der Waals surface area contributed by atoms with Gasteiger partial charge in [0.2, 0.25) is 17.8 Å². The van der Waals surface area contributed by atoms with Crippen molar-refractivity contribution >= 4 is 35.1 Å². The van der Waals surface area contributed by atoms with E-state index in [0.717, 1.165) is 57.5 Å². The zero-order valence-corrected chi connectivity index (χ0v) is 19.5. The fraction of sp³-hybridized carbons (Fsp3) is 0.542. The number of pyridine rings is 1. The van der Waals surface area contributed by atoms with Crippen LogP contribution in [0.4, 0.5) is 23.3 Å². The van der Waals surface area contributed by atoms with Gasteiger partial charge < -0.3 is 25.3 Å². The first-order valence-electron chi connectivity index (χ1n) is 12.2. The third-order valence-electron chi connectivity index (χ3n) is 7.84. The molecule has 1 saturated carbocycles. The van der Waals surface area contributed by atoms with Gasteiger partial charge in [-0.3, -0.25) is 9.59 Å². The molecular weight excluding hydrogens is 432 g/mol. The molecule has 1 spiro atoms. The first kappa shape index (κ1) is 21.3. The molecule has 1 unspecified atom stereocenters. The number of hydrogen-bond donors (Lipinski definition) is 2. The molecule has 2 amide bonds. The number of fused-ring (bicyclic) bond motifs is 2. The maximum Gasteiger partial charge on any atom is 0.246 e. The highest BCUT2D eigenvalue weighted by molar-refractivity contribution is 6.21. The van der Waals surface area contributed by atoms with Crippen molar-refractivity contribution in [1.82, 2.24) is 24.8 Å². The third-order valence-corrected chi connectivity index (χ3v) is 7.84. The lowest BCUT2D eigenvalue weighted by Crippen LogP contribution is -2.45. The van der Waals surface area contributed by atoms with E-state index < -0.39 is 5.41 Å². The highest BCUT2D eigenvalue weighted by atomic mass is 16.2. The van der Waals surface area contributed by atoms with E-state index in [4.69, 9.17) is 0 Å². The maximum atomic E-state index is 13.4. The van der Waals surface area contributed by atoms with E-state index in [2.05, 4.69) is 42.4 Å². The van der Waals surface area contributed by atoms with Crippen molar-refractivity contribution < 1.29 is 9.59 Å². The number of carbonyl (C=O) groups is 2. The predicted molar refractivity (Wildman–Crippen MR) is 128 cm³/mol. The number of carbonyl (C=O) groups excluding carboxylic acids is 2. The smallest absolute Gasteiger partial charge is 0.246 e. The summed E-state index contributed by atoms with van der Waals surface area (Å²) in [5.74, 6) is 1.00. The zero-order chi connectivity index (χ0) is 23.3. The molecule has 2 saturated heterocycles. The quantitative estimate of drug-likeness (QED) is 0.662. The molecular formula is C24H30N8O2. The Kier molecular flexibility index (Phi) is 5.13. The number of hydrogen-bond acceptors (Lipinski definition) is 8. The second-order valence-electron chi connectivity index (χ2n) is 9.82.